The van der Waals surface area contributed by atoms with Crippen LogP contribution in [0.3, 0.4) is 0 Å². The molecule has 3 N–H and O–H groups in total. The van der Waals surface area contributed by atoms with Crippen LogP contribution in [0.15, 0.2) is 48.5 Å². The van der Waals surface area contributed by atoms with Gasteiger partial charge < -0.3 is 10.8 Å². The van der Waals surface area contributed by atoms with Gasteiger partial charge in [-0.15, -0.1) is 0 Å². The number of aromatic hydroxyl groups is 1. The fraction of sp³-hybridized carbons (Fsp3) is 0.200. The molecule has 0 radical (unpaired) electrons. The standard InChI is InChI=1S/C15H18N2O3S/c1-17(14-3-2-4-15(18)9-14)21(19,20)11-13-7-5-12(10-16)6-8-13/h2-9,18H,10-11,16H2,1H3. The molecule has 0 fully saturated rings. The Morgan fingerprint density at radius 3 is 2.29 bits per heavy atom. The highest BCUT2D eigenvalue weighted by Gasteiger charge is 2.19. The van der Waals surface area contributed by atoms with E-state index >= 15 is 0 Å². The summed E-state index contributed by atoms with van der Waals surface area (Å²) in [5.41, 5.74) is 7.59. The molecule has 21 heavy (non-hydrogen) atoms. The van der Waals surface area contributed by atoms with Crippen molar-refractivity contribution < 1.29 is 13.5 Å². The predicted molar refractivity (Wildman–Crippen MR) is 83.5 cm³/mol. The molecule has 0 aliphatic carbocycles. The Morgan fingerprint density at radius 2 is 1.71 bits per heavy atom. The van der Waals surface area contributed by atoms with Gasteiger partial charge in [-0.2, -0.15) is 0 Å². The lowest BCUT2D eigenvalue weighted by Gasteiger charge is -2.19. The topological polar surface area (TPSA) is 83.6 Å². The van der Waals surface area contributed by atoms with Crippen LogP contribution in [0.5, 0.6) is 5.75 Å². The van der Waals surface area contributed by atoms with E-state index in [0.29, 0.717) is 17.8 Å². The summed E-state index contributed by atoms with van der Waals surface area (Å²) in [5, 5.41) is 9.44. The molecule has 0 heterocycles. The van der Waals surface area contributed by atoms with Crippen LogP contribution in [-0.2, 0) is 22.3 Å². The number of phenolic OH excluding ortho intramolecular Hbond substituents is 1. The molecule has 112 valence electrons. The Bertz CT molecular complexity index is 712. The third kappa shape index (κ3) is 3.74. The highest BCUT2D eigenvalue weighted by atomic mass is 32.2. The van der Waals surface area contributed by atoms with Gasteiger partial charge in [0.15, 0.2) is 0 Å². The number of nitrogens with two attached hydrogens (primary N) is 1. The van der Waals surface area contributed by atoms with Gasteiger partial charge in [-0.05, 0) is 23.3 Å². The molecule has 0 spiro atoms. The van der Waals surface area contributed by atoms with Crippen LogP contribution >= 0.6 is 0 Å². The molecule has 2 rings (SSSR count). The summed E-state index contributed by atoms with van der Waals surface area (Å²) in [4.78, 5) is 0. The summed E-state index contributed by atoms with van der Waals surface area (Å²) >= 11 is 0. The molecule has 0 atom stereocenters. The zero-order chi connectivity index (χ0) is 15.5. The first-order valence-corrected chi connectivity index (χ1v) is 8.07. The van der Waals surface area contributed by atoms with Crippen molar-refractivity contribution in [2.24, 2.45) is 5.73 Å². The van der Waals surface area contributed by atoms with E-state index in [9.17, 15) is 13.5 Å². The third-order valence-corrected chi connectivity index (χ3v) is 4.96. The summed E-state index contributed by atoms with van der Waals surface area (Å²) in [6.45, 7) is 0.427. The van der Waals surface area contributed by atoms with E-state index in [1.54, 1.807) is 24.3 Å². The molecule has 0 bridgehead atoms. The first kappa shape index (κ1) is 15.3. The molecule has 0 amide bonds. The average molecular weight is 306 g/mol. The maximum absolute atomic E-state index is 12.4. The highest BCUT2D eigenvalue weighted by Crippen LogP contribution is 2.23. The van der Waals surface area contributed by atoms with E-state index in [0.717, 1.165) is 5.56 Å². The van der Waals surface area contributed by atoms with Gasteiger partial charge >= 0.3 is 0 Å². The smallest absolute Gasteiger partial charge is 0.239 e. The van der Waals surface area contributed by atoms with Crippen LogP contribution in [-0.4, -0.2) is 20.6 Å². The molecule has 5 nitrogen and oxygen atoms in total. The first-order valence-electron chi connectivity index (χ1n) is 6.46. The maximum Gasteiger partial charge on any atom is 0.239 e. The molecule has 0 saturated heterocycles. The highest BCUT2D eigenvalue weighted by molar-refractivity contribution is 7.92. The van der Waals surface area contributed by atoms with Crippen molar-refractivity contribution in [3.8, 4) is 5.75 Å². The van der Waals surface area contributed by atoms with Gasteiger partial charge in [-0.1, -0.05) is 30.3 Å². The van der Waals surface area contributed by atoms with Crippen molar-refractivity contribution in [3.05, 3.63) is 59.7 Å². The number of phenols is 1. The molecule has 0 aliphatic rings. The number of anilines is 1. The molecule has 2 aromatic rings. The quantitative estimate of drug-likeness (QED) is 0.882. The average Bonchev–Trinajstić information content (AvgIpc) is 2.47. The van der Waals surface area contributed by atoms with Gasteiger partial charge in [0.2, 0.25) is 10.0 Å². The summed E-state index contributed by atoms with van der Waals surface area (Å²) in [5.74, 6) is -0.0776. The molecular weight excluding hydrogens is 288 g/mol. The fourth-order valence-corrected chi connectivity index (χ4v) is 3.17. The predicted octanol–water partition coefficient (Wildman–Crippen LogP) is 1.82. The lowest BCUT2D eigenvalue weighted by Crippen LogP contribution is -2.27. The summed E-state index contributed by atoms with van der Waals surface area (Å²) in [6.07, 6.45) is 0. The van der Waals surface area contributed by atoms with Crippen molar-refractivity contribution in [1.82, 2.24) is 0 Å². The molecular formula is C15H18N2O3S. The normalized spacial score (nSPS) is 11.3. The Labute approximate surface area is 124 Å². The zero-order valence-electron chi connectivity index (χ0n) is 11.7. The van der Waals surface area contributed by atoms with E-state index < -0.39 is 10.0 Å². The monoisotopic (exact) mass is 306 g/mol. The van der Waals surface area contributed by atoms with Gasteiger partial charge in [-0.25, -0.2) is 8.42 Å². The number of benzene rings is 2. The number of hydrogen-bond acceptors (Lipinski definition) is 4. The van der Waals surface area contributed by atoms with Crippen LogP contribution in [0.1, 0.15) is 11.1 Å². The second kappa shape index (κ2) is 6.15. The molecule has 0 aliphatic heterocycles. The van der Waals surface area contributed by atoms with E-state index in [2.05, 4.69) is 0 Å². The van der Waals surface area contributed by atoms with Gasteiger partial charge in [-0.3, -0.25) is 4.31 Å². The van der Waals surface area contributed by atoms with Gasteiger partial charge in [0.05, 0.1) is 11.4 Å². The van der Waals surface area contributed by atoms with Gasteiger partial charge in [0, 0.05) is 19.7 Å². The van der Waals surface area contributed by atoms with E-state index in [1.807, 2.05) is 12.1 Å². The van der Waals surface area contributed by atoms with Gasteiger partial charge in [0.1, 0.15) is 5.75 Å². The zero-order valence-corrected chi connectivity index (χ0v) is 12.5. The SMILES string of the molecule is CN(c1cccc(O)c1)S(=O)(=O)Cc1ccc(CN)cc1. The van der Waals surface area contributed by atoms with E-state index in [4.69, 9.17) is 5.73 Å². The first-order chi connectivity index (χ1) is 9.92. The minimum Gasteiger partial charge on any atom is -0.508 e. The summed E-state index contributed by atoms with van der Waals surface area (Å²) in [7, 11) is -2.04. The summed E-state index contributed by atoms with van der Waals surface area (Å²) in [6, 6.07) is 13.3. The molecule has 2 aromatic carbocycles. The van der Waals surface area contributed by atoms with Crippen molar-refractivity contribution in [1.29, 1.82) is 0 Å². The molecule has 0 saturated carbocycles. The van der Waals surface area contributed by atoms with Crippen molar-refractivity contribution in [2.75, 3.05) is 11.4 Å². The minimum atomic E-state index is -3.51. The Morgan fingerprint density at radius 1 is 1.10 bits per heavy atom. The minimum absolute atomic E-state index is 0.0295. The van der Waals surface area contributed by atoms with Crippen LogP contribution in [0.2, 0.25) is 0 Å². The van der Waals surface area contributed by atoms with Crippen LogP contribution in [0.4, 0.5) is 5.69 Å². The lowest BCUT2D eigenvalue weighted by atomic mass is 10.1. The Kier molecular flexibility index (Phi) is 4.50. The van der Waals surface area contributed by atoms with Crippen molar-refractivity contribution >= 4 is 15.7 Å². The van der Waals surface area contributed by atoms with Crippen LogP contribution in [0.25, 0.3) is 0 Å². The van der Waals surface area contributed by atoms with Gasteiger partial charge in [0.25, 0.3) is 0 Å². The Balaban J connectivity index is 2.20. The van der Waals surface area contributed by atoms with Crippen molar-refractivity contribution in [2.45, 2.75) is 12.3 Å². The fourth-order valence-electron chi connectivity index (χ4n) is 1.93. The lowest BCUT2D eigenvalue weighted by molar-refractivity contribution is 0.475. The number of hydrogen-bond donors (Lipinski definition) is 2. The molecule has 0 aromatic heterocycles. The Hall–Kier alpha value is -2.05. The third-order valence-electron chi connectivity index (χ3n) is 3.22. The van der Waals surface area contributed by atoms with Crippen LogP contribution < -0.4 is 10.0 Å². The maximum atomic E-state index is 12.4. The second-order valence-electron chi connectivity index (χ2n) is 4.76. The number of rotatable bonds is 5. The largest absolute Gasteiger partial charge is 0.508 e. The summed E-state index contributed by atoms with van der Waals surface area (Å²) < 4.78 is 25.9. The molecule has 6 heteroatoms. The number of sulfonamides is 1. The van der Waals surface area contributed by atoms with E-state index in [1.165, 1.54) is 23.5 Å². The molecule has 0 unspecified atom stereocenters. The van der Waals surface area contributed by atoms with Crippen molar-refractivity contribution in [3.63, 3.8) is 0 Å². The second-order valence-corrected chi connectivity index (χ2v) is 6.76. The number of nitrogens with zero attached hydrogens (tertiary/aromatic N) is 1. The van der Waals surface area contributed by atoms with Crippen LogP contribution in [0, 0.1) is 0 Å². The van der Waals surface area contributed by atoms with E-state index in [-0.39, 0.29) is 11.5 Å².